The van der Waals surface area contributed by atoms with Gasteiger partial charge in [-0.05, 0) is 18.9 Å². The van der Waals surface area contributed by atoms with E-state index in [-0.39, 0.29) is 11.9 Å². The topological polar surface area (TPSA) is 115 Å². The second-order valence-electron chi connectivity index (χ2n) is 5.25. The van der Waals surface area contributed by atoms with Crippen LogP contribution in [0.2, 0.25) is 0 Å². The number of unbranched alkanes of at least 4 members (excludes halogenated alkanes) is 2. The van der Waals surface area contributed by atoms with E-state index in [2.05, 4.69) is 26.5 Å². The van der Waals surface area contributed by atoms with Crippen molar-refractivity contribution in [2.24, 2.45) is 0 Å². The van der Waals surface area contributed by atoms with Crippen LogP contribution in [0.25, 0.3) is 6.08 Å². The predicted octanol–water partition coefficient (Wildman–Crippen LogP) is 2.04. The van der Waals surface area contributed by atoms with Crippen molar-refractivity contribution in [3.05, 3.63) is 30.2 Å². The van der Waals surface area contributed by atoms with Crippen LogP contribution in [0, 0.1) is 11.3 Å². The van der Waals surface area contributed by atoms with Crippen LogP contribution in [0.3, 0.4) is 0 Å². The second kappa shape index (κ2) is 9.78. The Hall–Kier alpha value is -3.41. The van der Waals surface area contributed by atoms with E-state index in [0.29, 0.717) is 30.1 Å². The average molecular weight is 356 g/mol. The summed E-state index contributed by atoms with van der Waals surface area (Å²) < 4.78 is 11.8. The number of hydrogen-bond acceptors (Lipinski definition) is 7. The molecule has 0 fully saturated rings. The third kappa shape index (κ3) is 5.59. The van der Waals surface area contributed by atoms with Gasteiger partial charge in [0.05, 0.1) is 37.7 Å². The molecule has 2 rings (SSSR count). The van der Waals surface area contributed by atoms with Crippen LogP contribution in [0.4, 0.5) is 5.69 Å². The maximum Gasteiger partial charge on any atom is 0.319 e. The molecule has 0 saturated heterocycles. The van der Waals surface area contributed by atoms with Crippen LogP contribution in [0.1, 0.15) is 24.8 Å². The van der Waals surface area contributed by atoms with Crippen molar-refractivity contribution in [3.8, 4) is 18.0 Å². The molecule has 2 aromatic heterocycles. The molecule has 2 aromatic rings. The Labute approximate surface area is 151 Å². The number of rotatable bonds is 9. The van der Waals surface area contributed by atoms with Gasteiger partial charge in [-0.2, -0.15) is 15.3 Å². The predicted molar refractivity (Wildman–Crippen MR) is 94.5 cm³/mol. The highest BCUT2D eigenvalue weighted by Crippen LogP contribution is 2.18. The quantitative estimate of drug-likeness (QED) is 0.540. The number of carbonyl (C=O) groups excluding carboxylic acids is 1. The number of ether oxygens (including phenoxy) is 2. The molecule has 0 unspecified atom stereocenters. The molecule has 26 heavy (non-hydrogen) atoms. The first-order valence-electron chi connectivity index (χ1n) is 7.99. The lowest BCUT2D eigenvalue weighted by Gasteiger charge is -2.04. The summed E-state index contributed by atoms with van der Waals surface area (Å²) >= 11 is 0. The van der Waals surface area contributed by atoms with E-state index < -0.39 is 0 Å². The average Bonchev–Trinajstić information content (AvgIpc) is 3.10. The Morgan fingerprint density at radius 2 is 2.19 bits per heavy atom. The van der Waals surface area contributed by atoms with Crippen LogP contribution in [-0.4, -0.2) is 39.9 Å². The Morgan fingerprint density at radius 3 is 2.92 bits per heavy atom. The lowest BCUT2D eigenvalue weighted by atomic mass is 10.2. The van der Waals surface area contributed by atoms with Crippen molar-refractivity contribution in [1.29, 1.82) is 5.26 Å². The Balaban J connectivity index is 1.91. The van der Waals surface area contributed by atoms with E-state index in [0.717, 1.165) is 12.8 Å². The summed E-state index contributed by atoms with van der Waals surface area (Å²) in [4.78, 5) is 20.1. The number of nitriles is 1. The largest absolute Gasteiger partial charge is 0.480 e. The van der Waals surface area contributed by atoms with Gasteiger partial charge in [0, 0.05) is 31.4 Å². The number of hydrogen-bond donors (Lipinski definition) is 1. The van der Waals surface area contributed by atoms with Crippen molar-refractivity contribution >= 4 is 17.7 Å². The molecule has 0 aliphatic rings. The highest BCUT2D eigenvalue weighted by atomic mass is 16.5. The number of aryl methyl sites for hydroxylation is 1. The van der Waals surface area contributed by atoms with Gasteiger partial charge in [0.1, 0.15) is 0 Å². The molecule has 0 radical (unpaired) electrons. The van der Waals surface area contributed by atoms with Crippen LogP contribution < -0.4 is 14.8 Å². The molecule has 9 heteroatoms. The van der Waals surface area contributed by atoms with Gasteiger partial charge in [0.15, 0.2) is 0 Å². The molecule has 0 aliphatic heterocycles. The standard InChI is InChI=1S/C17H20N6O3/c1-25-16-13(10-19-17(22-16)26-2)6-7-15(24)21-14-11-20-23(12-14)9-5-3-4-8-18/h6-7,10-12H,3-5,9H2,1-2H3,(H,21,24)/b7-6+. The zero-order valence-corrected chi connectivity index (χ0v) is 14.7. The fraction of sp³-hybridized carbons (Fsp3) is 0.353. The molecule has 1 amide bonds. The number of nitrogens with zero attached hydrogens (tertiary/aromatic N) is 5. The summed E-state index contributed by atoms with van der Waals surface area (Å²) in [5.74, 6) is -0.00186. The summed E-state index contributed by atoms with van der Waals surface area (Å²) in [6, 6.07) is 2.29. The summed E-state index contributed by atoms with van der Waals surface area (Å²) in [5.41, 5.74) is 1.15. The molecule has 0 aromatic carbocycles. The lowest BCUT2D eigenvalue weighted by molar-refractivity contribution is -0.111. The first-order valence-corrected chi connectivity index (χ1v) is 7.99. The van der Waals surface area contributed by atoms with Crippen molar-refractivity contribution in [2.45, 2.75) is 25.8 Å². The molecule has 2 heterocycles. The minimum atomic E-state index is -0.313. The third-order valence-corrected chi connectivity index (χ3v) is 3.37. The summed E-state index contributed by atoms with van der Waals surface area (Å²) in [6.45, 7) is 0.702. The second-order valence-corrected chi connectivity index (χ2v) is 5.25. The molecule has 136 valence electrons. The summed E-state index contributed by atoms with van der Waals surface area (Å²) in [5, 5.41) is 15.4. The Kier molecular flexibility index (Phi) is 7.12. The minimum Gasteiger partial charge on any atom is -0.480 e. The highest BCUT2D eigenvalue weighted by Gasteiger charge is 2.07. The van der Waals surface area contributed by atoms with Crippen LogP contribution in [-0.2, 0) is 11.3 Å². The van der Waals surface area contributed by atoms with E-state index in [9.17, 15) is 4.79 Å². The zero-order valence-electron chi connectivity index (χ0n) is 14.7. The number of nitrogens with one attached hydrogen (secondary N) is 1. The molecular formula is C17H20N6O3. The molecule has 0 saturated carbocycles. The van der Waals surface area contributed by atoms with Crippen LogP contribution in [0.5, 0.6) is 11.9 Å². The Morgan fingerprint density at radius 1 is 1.35 bits per heavy atom. The number of anilines is 1. The van der Waals surface area contributed by atoms with Gasteiger partial charge in [-0.15, -0.1) is 0 Å². The number of amides is 1. The molecular weight excluding hydrogens is 336 g/mol. The molecule has 0 atom stereocenters. The molecule has 0 spiro atoms. The number of aromatic nitrogens is 4. The first kappa shape index (κ1) is 18.9. The van der Waals surface area contributed by atoms with Gasteiger partial charge in [0.25, 0.3) is 0 Å². The SMILES string of the molecule is COc1ncc(/C=C/C(=O)Nc2cnn(CCCCC#N)c2)c(OC)n1. The number of carbonyl (C=O) groups is 1. The van der Waals surface area contributed by atoms with Gasteiger partial charge in [0.2, 0.25) is 11.8 Å². The minimum absolute atomic E-state index is 0.186. The van der Waals surface area contributed by atoms with Crippen LogP contribution in [0.15, 0.2) is 24.7 Å². The molecule has 0 aliphatic carbocycles. The lowest BCUT2D eigenvalue weighted by Crippen LogP contribution is -2.07. The molecule has 9 nitrogen and oxygen atoms in total. The van der Waals surface area contributed by atoms with Gasteiger partial charge in [-0.3, -0.25) is 9.48 Å². The van der Waals surface area contributed by atoms with E-state index in [1.54, 1.807) is 23.2 Å². The van der Waals surface area contributed by atoms with Gasteiger partial charge in [-0.1, -0.05) is 0 Å². The van der Waals surface area contributed by atoms with Crippen molar-refractivity contribution in [3.63, 3.8) is 0 Å². The van der Waals surface area contributed by atoms with Gasteiger partial charge in [-0.25, -0.2) is 4.98 Å². The van der Waals surface area contributed by atoms with E-state index >= 15 is 0 Å². The van der Waals surface area contributed by atoms with Crippen molar-refractivity contribution in [1.82, 2.24) is 19.7 Å². The van der Waals surface area contributed by atoms with Crippen molar-refractivity contribution < 1.29 is 14.3 Å². The van der Waals surface area contributed by atoms with E-state index in [4.69, 9.17) is 14.7 Å². The summed E-state index contributed by atoms with van der Waals surface area (Å²) in [7, 11) is 2.94. The van der Waals surface area contributed by atoms with Crippen molar-refractivity contribution in [2.75, 3.05) is 19.5 Å². The Bertz CT molecular complexity index is 809. The monoisotopic (exact) mass is 356 g/mol. The smallest absolute Gasteiger partial charge is 0.319 e. The fourth-order valence-corrected chi connectivity index (χ4v) is 2.11. The normalized spacial score (nSPS) is 10.5. The zero-order chi connectivity index (χ0) is 18.8. The highest BCUT2D eigenvalue weighted by molar-refractivity contribution is 6.01. The molecule has 0 bridgehead atoms. The van der Waals surface area contributed by atoms with Crippen LogP contribution >= 0.6 is 0 Å². The maximum atomic E-state index is 12.0. The first-order chi connectivity index (χ1) is 12.7. The van der Waals surface area contributed by atoms with Gasteiger partial charge >= 0.3 is 6.01 Å². The van der Waals surface area contributed by atoms with Gasteiger partial charge < -0.3 is 14.8 Å². The number of methoxy groups -OCH3 is 2. The summed E-state index contributed by atoms with van der Waals surface area (Å²) in [6.07, 6.45) is 9.97. The van der Waals surface area contributed by atoms with E-state index in [1.165, 1.54) is 26.5 Å². The third-order valence-electron chi connectivity index (χ3n) is 3.37. The van der Waals surface area contributed by atoms with E-state index in [1.807, 2.05) is 0 Å². The fourth-order valence-electron chi connectivity index (χ4n) is 2.11. The maximum absolute atomic E-state index is 12.0. The molecule has 1 N–H and O–H groups in total.